The second-order valence-corrected chi connectivity index (χ2v) is 3.12. The molecule has 2 atom stereocenters. The molecule has 1 saturated heterocycles. The fourth-order valence-electron chi connectivity index (χ4n) is 1.48. The summed E-state index contributed by atoms with van der Waals surface area (Å²) in [7, 11) is 0. The average Bonchev–Trinajstić information content (AvgIpc) is 2.54. The van der Waals surface area contributed by atoms with Crippen molar-refractivity contribution in [1.82, 2.24) is 5.32 Å². The molecule has 1 aliphatic rings. The van der Waals surface area contributed by atoms with Crippen LogP contribution >= 0.6 is 0 Å². The molecule has 0 aromatic heterocycles. The third-order valence-corrected chi connectivity index (χ3v) is 2.21. The van der Waals surface area contributed by atoms with E-state index in [2.05, 4.69) is 5.32 Å². The molecule has 1 fully saturated rings. The fraction of sp³-hybridized carbons (Fsp3) is 0.778. The highest BCUT2D eigenvalue weighted by Gasteiger charge is 2.34. The summed E-state index contributed by atoms with van der Waals surface area (Å²) in [6.07, 6.45) is 0.172. The molecule has 0 aromatic carbocycles. The lowest BCUT2D eigenvalue weighted by Crippen LogP contribution is -2.39. The van der Waals surface area contributed by atoms with Crippen molar-refractivity contribution in [3.05, 3.63) is 0 Å². The lowest BCUT2D eigenvalue weighted by Gasteiger charge is -2.17. The highest BCUT2D eigenvalue weighted by molar-refractivity contribution is 5.76. The van der Waals surface area contributed by atoms with E-state index in [9.17, 15) is 9.59 Å². The molecule has 1 N–H and O–H groups in total. The van der Waals surface area contributed by atoms with Crippen LogP contribution in [-0.2, 0) is 14.3 Å². The average molecular weight is 201 g/mol. The third-order valence-electron chi connectivity index (χ3n) is 2.21. The number of alkyl carbamates (subject to hydrolysis) is 1. The molecule has 1 rings (SSSR count). The number of cyclic esters (lactones) is 1. The van der Waals surface area contributed by atoms with Crippen molar-refractivity contribution in [2.45, 2.75) is 26.3 Å². The second-order valence-electron chi connectivity index (χ2n) is 3.12. The Morgan fingerprint density at radius 2 is 2.43 bits per heavy atom. The van der Waals surface area contributed by atoms with Gasteiger partial charge in [-0.05, 0) is 13.3 Å². The van der Waals surface area contributed by atoms with E-state index in [-0.39, 0.29) is 24.5 Å². The largest absolute Gasteiger partial charge is 0.466 e. The van der Waals surface area contributed by atoms with Gasteiger partial charge in [0.25, 0.3) is 0 Å². The van der Waals surface area contributed by atoms with E-state index in [0.717, 1.165) is 0 Å². The molecule has 0 unspecified atom stereocenters. The van der Waals surface area contributed by atoms with Crippen LogP contribution < -0.4 is 5.32 Å². The number of nitrogens with one attached hydrogen (secondary N) is 1. The van der Waals surface area contributed by atoms with Crippen molar-refractivity contribution in [2.75, 3.05) is 13.2 Å². The van der Waals surface area contributed by atoms with Gasteiger partial charge in [0.15, 0.2) is 0 Å². The first-order chi connectivity index (χ1) is 6.69. The molecule has 5 heteroatoms. The zero-order valence-electron chi connectivity index (χ0n) is 8.41. The van der Waals surface area contributed by atoms with E-state index in [0.29, 0.717) is 13.0 Å². The number of hydrogen-bond donors (Lipinski definition) is 1. The first-order valence-electron chi connectivity index (χ1n) is 4.79. The second kappa shape index (κ2) is 4.83. The van der Waals surface area contributed by atoms with Crippen molar-refractivity contribution < 1.29 is 19.1 Å². The Kier molecular flexibility index (Phi) is 3.73. The molecule has 1 amide bonds. The van der Waals surface area contributed by atoms with Gasteiger partial charge in [-0.2, -0.15) is 0 Å². The first-order valence-corrected chi connectivity index (χ1v) is 4.79. The Balaban J connectivity index is 2.53. The van der Waals surface area contributed by atoms with E-state index >= 15 is 0 Å². The molecular formula is C9H15NO4. The van der Waals surface area contributed by atoms with Gasteiger partial charge in [0, 0.05) is 0 Å². The maximum atomic E-state index is 11.4. The smallest absolute Gasteiger partial charge is 0.407 e. The quantitative estimate of drug-likeness (QED) is 0.679. The standard InChI is InChI=1S/C9H15NO4/c1-3-6(8(11)13-4-2)7-5-14-9(12)10-7/h6-7H,3-5H2,1-2H3,(H,10,12)/t6-,7-/m1/s1. The summed E-state index contributed by atoms with van der Waals surface area (Å²) < 4.78 is 9.62. The SMILES string of the molecule is CCOC(=O)[C@H](CC)[C@H]1COC(=O)N1. The summed E-state index contributed by atoms with van der Waals surface area (Å²) in [6, 6.07) is -0.244. The number of carbonyl (C=O) groups excluding carboxylic acids is 2. The van der Waals surface area contributed by atoms with Gasteiger partial charge < -0.3 is 14.8 Å². The van der Waals surface area contributed by atoms with Gasteiger partial charge in [-0.3, -0.25) is 4.79 Å². The number of ether oxygens (including phenoxy) is 2. The maximum Gasteiger partial charge on any atom is 0.407 e. The fourth-order valence-corrected chi connectivity index (χ4v) is 1.48. The van der Waals surface area contributed by atoms with Crippen molar-refractivity contribution in [3.63, 3.8) is 0 Å². The predicted molar refractivity (Wildman–Crippen MR) is 48.7 cm³/mol. The topological polar surface area (TPSA) is 64.6 Å². The summed E-state index contributed by atoms with van der Waals surface area (Å²) in [5.74, 6) is -0.577. The monoisotopic (exact) mass is 201 g/mol. The third kappa shape index (κ3) is 2.37. The molecule has 0 radical (unpaired) electrons. The Morgan fingerprint density at radius 3 is 2.86 bits per heavy atom. The van der Waals surface area contributed by atoms with Crippen molar-refractivity contribution in [3.8, 4) is 0 Å². The van der Waals surface area contributed by atoms with E-state index in [4.69, 9.17) is 9.47 Å². The zero-order chi connectivity index (χ0) is 10.6. The van der Waals surface area contributed by atoms with Gasteiger partial charge in [-0.1, -0.05) is 6.92 Å². The number of carbonyl (C=O) groups is 2. The normalized spacial score (nSPS) is 22.4. The van der Waals surface area contributed by atoms with E-state index in [1.807, 2.05) is 6.92 Å². The highest BCUT2D eigenvalue weighted by Crippen LogP contribution is 2.15. The minimum Gasteiger partial charge on any atom is -0.466 e. The van der Waals surface area contributed by atoms with Crippen LogP contribution in [0, 0.1) is 5.92 Å². The molecular weight excluding hydrogens is 186 g/mol. The van der Waals surface area contributed by atoms with Crippen LogP contribution in [-0.4, -0.2) is 31.3 Å². The zero-order valence-corrected chi connectivity index (χ0v) is 8.41. The van der Waals surface area contributed by atoms with E-state index in [1.54, 1.807) is 6.92 Å². The van der Waals surface area contributed by atoms with Crippen LogP contribution in [0.5, 0.6) is 0 Å². The predicted octanol–water partition coefficient (Wildman–Crippen LogP) is 0.684. The molecule has 0 saturated carbocycles. The van der Waals surface area contributed by atoms with Crippen molar-refractivity contribution in [2.24, 2.45) is 5.92 Å². The summed E-state index contributed by atoms with van der Waals surface area (Å²) in [4.78, 5) is 22.2. The van der Waals surface area contributed by atoms with E-state index in [1.165, 1.54) is 0 Å². The summed E-state index contributed by atoms with van der Waals surface area (Å²) in [5.41, 5.74) is 0. The minimum absolute atomic E-state index is 0.244. The van der Waals surface area contributed by atoms with Crippen LogP contribution in [0.3, 0.4) is 0 Å². The van der Waals surface area contributed by atoms with Crippen LogP contribution in [0.25, 0.3) is 0 Å². The molecule has 14 heavy (non-hydrogen) atoms. The van der Waals surface area contributed by atoms with Gasteiger partial charge in [-0.25, -0.2) is 4.79 Å². The Labute approximate surface area is 82.8 Å². The lowest BCUT2D eigenvalue weighted by atomic mass is 9.98. The van der Waals surface area contributed by atoms with Crippen molar-refractivity contribution in [1.29, 1.82) is 0 Å². The van der Waals surface area contributed by atoms with Gasteiger partial charge in [-0.15, -0.1) is 0 Å². The van der Waals surface area contributed by atoms with E-state index < -0.39 is 6.09 Å². The van der Waals surface area contributed by atoms with Crippen LogP contribution in [0.2, 0.25) is 0 Å². The summed E-state index contributed by atoms with van der Waals surface area (Å²) >= 11 is 0. The molecule has 0 spiro atoms. The molecule has 0 aromatic rings. The number of esters is 1. The Hall–Kier alpha value is -1.26. The van der Waals surface area contributed by atoms with Gasteiger partial charge in [0.1, 0.15) is 6.61 Å². The van der Waals surface area contributed by atoms with Crippen LogP contribution in [0.1, 0.15) is 20.3 Å². The minimum atomic E-state index is -0.460. The number of rotatable bonds is 4. The van der Waals surface area contributed by atoms with Gasteiger partial charge >= 0.3 is 12.1 Å². The molecule has 1 aliphatic heterocycles. The Bertz CT molecular complexity index is 229. The van der Waals surface area contributed by atoms with Crippen LogP contribution in [0.4, 0.5) is 4.79 Å². The lowest BCUT2D eigenvalue weighted by molar-refractivity contribution is -0.149. The maximum absolute atomic E-state index is 11.4. The number of amides is 1. The first kappa shape index (κ1) is 10.8. The number of hydrogen-bond acceptors (Lipinski definition) is 4. The summed E-state index contributed by atoms with van der Waals surface area (Å²) in [6.45, 7) is 4.24. The molecule has 0 bridgehead atoms. The van der Waals surface area contributed by atoms with Crippen LogP contribution in [0.15, 0.2) is 0 Å². The Morgan fingerprint density at radius 1 is 1.71 bits per heavy atom. The molecule has 5 nitrogen and oxygen atoms in total. The highest BCUT2D eigenvalue weighted by atomic mass is 16.6. The molecule has 80 valence electrons. The van der Waals surface area contributed by atoms with Gasteiger partial charge in [0.05, 0.1) is 18.6 Å². The van der Waals surface area contributed by atoms with Gasteiger partial charge in [0.2, 0.25) is 0 Å². The molecule has 0 aliphatic carbocycles. The van der Waals surface area contributed by atoms with Crippen molar-refractivity contribution >= 4 is 12.1 Å². The summed E-state index contributed by atoms with van der Waals surface area (Å²) in [5, 5.41) is 2.58. The molecule has 1 heterocycles.